The molecular weight excluding hydrogens is 274 g/mol. The highest BCUT2D eigenvalue weighted by Crippen LogP contribution is 2.14. The zero-order chi connectivity index (χ0) is 15.8. The van der Waals surface area contributed by atoms with Crippen LogP contribution in [-0.4, -0.2) is 12.5 Å². The van der Waals surface area contributed by atoms with E-state index in [2.05, 4.69) is 12.2 Å². The maximum atomic E-state index is 11.9. The second kappa shape index (κ2) is 8.03. The summed E-state index contributed by atoms with van der Waals surface area (Å²) in [5.41, 5.74) is 2.88. The Morgan fingerprint density at radius 3 is 2.64 bits per heavy atom. The van der Waals surface area contributed by atoms with Crippen LogP contribution in [0, 0.1) is 6.92 Å². The molecule has 114 valence electrons. The van der Waals surface area contributed by atoms with Crippen LogP contribution >= 0.6 is 0 Å². The summed E-state index contributed by atoms with van der Waals surface area (Å²) >= 11 is 0. The molecule has 2 aromatic rings. The molecule has 3 heteroatoms. The normalized spacial score (nSPS) is 10.6. The molecule has 0 radical (unpaired) electrons. The average Bonchev–Trinajstić information content (AvgIpc) is 2.52. The van der Waals surface area contributed by atoms with E-state index in [1.54, 1.807) is 6.08 Å². The van der Waals surface area contributed by atoms with E-state index in [1.807, 2.05) is 55.5 Å². The zero-order valence-corrected chi connectivity index (χ0v) is 13.0. The van der Waals surface area contributed by atoms with Gasteiger partial charge in [-0.1, -0.05) is 31.2 Å². The SMILES string of the molecule is CCCOc1ccc(/C=C/C(=O)Nc2cccc(C)c2)cc1. The minimum absolute atomic E-state index is 0.142. The number of nitrogens with one attached hydrogen (secondary N) is 1. The van der Waals surface area contributed by atoms with E-state index in [0.717, 1.165) is 29.0 Å². The lowest BCUT2D eigenvalue weighted by Crippen LogP contribution is -2.07. The molecule has 1 N–H and O–H groups in total. The van der Waals surface area contributed by atoms with E-state index in [1.165, 1.54) is 6.08 Å². The van der Waals surface area contributed by atoms with Gasteiger partial charge in [-0.25, -0.2) is 0 Å². The van der Waals surface area contributed by atoms with Crippen LogP contribution in [0.4, 0.5) is 5.69 Å². The van der Waals surface area contributed by atoms with Crippen molar-refractivity contribution in [2.75, 3.05) is 11.9 Å². The van der Waals surface area contributed by atoms with Gasteiger partial charge in [-0.3, -0.25) is 4.79 Å². The Kier molecular flexibility index (Phi) is 5.78. The maximum Gasteiger partial charge on any atom is 0.248 e. The van der Waals surface area contributed by atoms with Crippen molar-refractivity contribution < 1.29 is 9.53 Å². The van der Waals surface area contributed by atoms with Crippen molar-refractivity contribution in [3.8, 4) is 5.75 Å². The van der Waals surface area contributed by atoms with Crippen molar-refractivity contribution >= 4 is 17.7 Å². The number of benzene rings is 2. The zero-order valence-electron chi connectivity index (χ0n) is 13.0. The summed E-state index contributed by atoms with van der Waals surface area (Å²) < 4.78 is 5.52. The van der Waals surface area contributed by atoms with Gasteiger partial charge in [0.1, 0.15) is 5.75 Å². The molecular formula is C19H21NO2. The summed E-state index contributed by atoms with van der Waals surface area (Å²) in [5.74, 6) is 0.708. The number of amides is 1. The van der Waals surface area contributed by atoms with Gasteiger partial charge in [-0.15, -0.1) is 0 Å². The molecule has 0 aliphatic heterocycles. The van der Waals surface area contributed by atoms with Crippen LogP contribution in [-0.2, 0) is 4.79 Å². The Bertz CT molecular complexity index is 645. The van der Waals surface area contributed by atoms with Crippen molar-refractivity contribution in [1.29, 1.82) is 0 Å². The molecule has 0 spiro atoms. The summed E-state index contributed by atoms with van der Waals surface area (Å²) in [7, 11) is 0. The van der Waals surface area contributed by atoms with Gasteiger partial charge in [0.15, 0.2) is 0 Å². The number of hydrogen-bond acceptors (Lipinski definition) is 2. The fourth-order valence-corrected chi connectivity index (χ4v) is 1.97. The summed E-state index contributed by atoms with van der Waals surface area (Å²) in [6, 6.07) is 15.4. The van der Waals surface area contributed by atoms with Crippen molar-refractivity contribution in [2.45, 2.75) is 20.3 Å². The maximum absolute atomic E-state index is 11.9. The van der Waals surface area contributed by atoms with Crippen LogP contribution in [0.3, 0.4) is 0 Å². The number of anilines is 1. The van der Waals surface area contributed by atoms with Gasteiger partial charge in [-0.05, 0) is 54.8 Å². The third kappa shape index (κ3) is 5.09. The molecule has 3 nitrogen and oxygen atoms in total. The van der Waals surface area contributed by atoms with Gasteiger partial charge >= 0.3 is 0 Å². The fraction of sp³-hybridized carbons (Fsp3) is 0.211. The molecule has 0 heterocycles. The molecule has 2 aromatic carbocycles. The smallest absolute Gasteiger partial charge is 0.248 e. The lowest BCUT2D eigenvalue weighted by atomic mass is 10.2. The van der Waals surface area contributed by atoms with Gasteiger partial charge in [0.05, 0.1) is 6.61 Å². The minimum Gasteiger partial charge on any atom is -0.494 e. The number of hydrogen-bond donors (Lipinski definition) is 1. The summed E-state index contributed by atoms with van der Waals surface area (Å²) in [6.07, 6.45) is 4.31. The van der Waals surface area contributed by atoms with Crippen LogP contribution in [0.2, 0.25) is 0 Å². The van der Waals surface area contributed by atoms with Crippen molar-refractivity contribution in [3.05, 3.63) is 65.7 Å². The molecule has 1 amide bonds. The molecule has 0 saturated heterocycles. The third-order valence-corrected chi connectivity index (χ3v) is 3.07. The largest absolute Gasteiger partial charge is 0.494 e. The Morgan fingerprint density at radius 1 is 1.18 bits per heavy atom. The van der Waals surface area contributed by atoms with E-state index in [-0.39, 0.29) is 5.91 Å². The molecule has 22 heavy (non-hydrogen) atoms. The molecule has 0 fully saturated rings. The van der Waals surface area contributed by atoms with Gasteiger partial charge in [0.25, 0.3) is 0 Å². The minimum atomic E-state index is -0.142. The quantitative estimate of drug-likeness (QED) is 0.800. The standard InChI is InChI=1S/C19H21NO2/c1-3-13-22-18-10-7-16(8-11-18)9-12-19(21)20-17-6-4-5-15(2)14-17/h4-12,14H,3,13H2,1-2H3,(H,20,21)/b12-9+. The van der Waals surface area contributed by atoms with Crippen LogP contribution in [0.5, 0.6) is 5.75 Å². The lowest BCUT2D eigenvalue weighted by molar-refractivity contribution is -0.111. The van der Waals surface area contributed by atoms with E-state index >= 15 is 0 Å². The first-order valence-corrected chi connectivity index (χ1v) is 7.46. The van der Waals surface area contributed by atoms with E-state index in [0.29, 0.717) is 6.61 Å². The Balaban J connectivity index is 1.92. The number of ether oxygens (including phenoxy) is 1. The topological polar surface area (TPSA) is 38.3 Å². The second-order valence-electron chi connectivity index (χ2n) is 5.11. The fourth-order valence-electron chi connectivity index (χ4n) is 1.97. The first-order chi connectivity index (χ1) is 10.7. The lowest BCUT2D eigenvalue weighted by Gasteiger charge is -2.04. The average molecular weight is 295 g/mol. The van der Waals surface area contributed by atoms with Gasteiger partial charge < -0.3 is 10.1 Å². The van der Waals surface area contributed by atoms with E-state index < -0.39 is 0 Å². The van der Waals surface area contributed by atoms with Crippen LogP contribution in [0.25, 0.3) is 6.08 Å². The summed E-state index contributed by atoms with van der Waals surface area (Å²) in [6.45, 7) is 4.78. The Morgan fingerprint density at radius 2 is 1.95 bits per heavy atom. The predicted molar refractivity (Wildman–Crippen MR) is 91.1 cm³/mol. The Hall–Kier alpha value is -2.55. The first kappa shape index (κ1) is 15.8. The van der Waals surface area contributed by atoms with Crippen LogP contribution in [0.1, 0.15) is 24.5 Å². The Labute approximate surface area is 131 Å². The second-order valence-corrected chi connectivity index (χ2v) is 5.11. The molecule has 0 saturated carbocycles. The molecule has 0 atom stereocenters. The van der Waals surface area contributed by atoms with Gasteiger partial charge in [0.2, 0.25) is 5.91 Å². The number of rotatable bonds is 6. The number of carbonyl (C=O) groups excluding carboxylic acids is 1. The summed E-state index contributed by atoms with van der Waals surface area (Å²) in [4.78, 5) is 11.9. The molecule has 2 rings (SSSR count). The highest BCUT2D eigenvalue weighted by atomic mass is 16.5. The highest BCUT2D eigenvalue weighted by Gasteiger charge is 1.98. The van der Waals surface area contributed by atoms with Crippen molar-refractivity contribution in [2.24, 2.45) is 0 Å². The molecule has 0 bridgehead atoms. The van der Waals surface area contributed by atoms with E-state index in [9.17, 15) is 4.79 Å². The highest BCUT2D eigenvalue weighted by molar-refractivity contribution is 6.01. The van der Waals surface area contributed by atoms with Gasteiger partial charge in [0, 0.05) is 11.8 Å². The summed E-state index contributed by atoms with van der Waals surface area (Å²) in [5, 5.41) is 2.84. The monoisotopic (exact) mass is 295 g/mol. The third-order valence-electron chi connectivity index (χ3n) is 3.07. The van der Waals surface area contributed by atoms with E-state index in [4.69, 9.17) is 4.74 Å². The molecule has 0 aliphatic carbocycles. The predicted octanol–water partition coefficient (Wildman–Crippen LogP) is 4.44. The van der Waals surface area contributed by atoms with Crippen molar-refractivity contribution in [3.63, 3.8) is 0 Å². The van der Waals surface area contributed by atoms with Crippen molar-refractivity contribution in [1.82, 2.24) is 0 Å². The first-order valence-electron chi connectivity index (χ1n) is 7.46. The van der Waals surface area contributed by atoms with Crippen LogP contribution < -0.4 is 10.1 Å². The molecule has 0 aliphatic rings. The number of carbonyl (C=O) groups is 1. The van der Waals surface area contributed by atoms with Crippen LogP contribution in [0.15, 0.2) is 54.6 Å². The number of aryl methyl sites for hydroxylation is 1. The van der Waals surface area contributed by atoms with Gasteiger partial charge in [-0.2, -0.15) is 0 Å². The molecule has 0 aromatic heterocycles. The molecule has 0 unspecified atom stereocenters.